The Morgan fingerprint density at radius 2 is 1.80 bits per heavy atom. The molecule has 2 aromatic rings. The maximum atomic E-state index is 13.5. The zero-order valence-electron chi connectivity index (χ0n) is 17.6. The van der Waals surface area contributed by atoms with E-state index in [0.29, 0.717) is 19.7 Å². The van der Waals surface area contributed by atoms with Crippen LogP contribution in [-0.2, 0) is 14.3 Å². The van der Waals surface area contributed by atoms with E-state index in [1.807, 2.05) is 42.3 Å². The van der Waals surface area contributed by atoms with E-state index in [-0.39, 0.29) is 36.2 Å². The summed E-state index contributed by atoms with van der Waals surface area (Å²) < 4.78 is 18.6. The summed E-state index contributed by atoms with van der Waals surface area (Å²) in [7, 11) is 1.89. The largest absolute Gasteiger partial charge is 0.466 e. The number of piperidine rings is 1. The Kier molecular flexibility index (Phi) is 7.57. The highest BCUT2D eigenvalue weighted by molar-refractivity contribution is 5.80. The Bertz CT molecular complexity index is 841. The summed E-state index contributed by atoms with van der Waals surface area (Å²) in [6.45, 7) is 3.39. The number of likely N-dealkylation sites (N-methyl/N-ethyl adjacent to an activating group) is 1. The van der Waals surface area contributed by atoms with Crippen LogP contribution in [-0.4, -0.2) is 55.0 Å². The second-order valence-electron chi connectivity index (χ2n) is 7.71. The van der Waals surface area contributed by atoms with Gasteiger partial charge >= 0.3 is 5.97 Å². The number of halogens is 1. The van der Waals surface area contributed by atoms with E-state index >= 15 is 0 Å². The lowest BCUT2D eigenvalue weighted by Gasteiger charge is -2.34. The first-order valence-electron chi connectivity index (χ1n) is 10.4. The Hall–Kier alpha value is -2.73. The van der Waals surface area contributed by atoms with Crippen molar-refractivity contribution in [1.82, 2.24) is 9.80 Å². The Morgan fingerprint density at radius 1 is 1.13 bits per heavy atom. The molecule has 2 aromatic carbocycles. The van der Waals surface area contributed by atoms with Crippen molar-refractivity contribution in [2.75, 3.05) is 33.3 Å². The molecular formula is C24H29FN2O3. The van der Waals surface area contributed by atoms with E-state index in [0.717, 1.165) is 24.0 Å². The van der Waals surface area contributed by atoms with Crippen molar-refractivity contribution >= 4 is 11.9 Å². The van der Waals surface area contributed by atoms with Crippen molar-refractivity contribution < 1.29 is 18.7 Å². The molecule has 1 fully saturated rings. The van der Waals surface area contributed by atoms with Crippen molar-refractivity contribution in [3.8, 4) is 0 Å². The number of nitrogens with zero attached hydrogens (tertiary/aromatic N) is 2. The van der Waals surface area contributed by atoms with Crippen LogP contribution in [0, 0.1) is 11.7 Å². The van der Waals surface area contributed by atoms with Crippen molar-refractivity contribution in [3.63, 3.8) is 0 Å². The molecule has 5 nitrogen and oxygen atoms in total. The van der Waals surface area contributed by atoms with Crippen LogP contribution in [0.5, 0.6) is 0 Å². The lowest BCUT2D eigenvalue weighted by Crippen LogP contribution is -2.46. The predicted octanol–water partition coefficient (Wildman–Crippen LogP) is 3.65. The van der Waals surface area contributed by atoms with Crippen molar-refractivity contribution in [3.05, 3.63) is 71.5 Å². The van der Waals surface area contributed by atoms with E-state index in [2.05, 4.69) is 0 Å². The van der Waals surface area contributed by atoms with Crippen LogP contribution < -0.4 is 0 Å². The first kappa shape index (κ1) is 22.0. The smallest absolute Gasteiger partial charge is 0.310 e. The fourth-order valence-corrected chi connectivity index (χ4v) is 4.04. The minimum Gasteiger partial charge on any atom is -0.466 e. The van der Waals surface area contributed by atoms with Gasteiger partial charge in [-0.25, -0.2) is 4.39 Å². The number of esters is 1. The van der Waals surface area contributed by atoms with Gasteiger partial charge < -0.3 is 9.64 Å². The molecule has 0 spiro atoms. The number of rotatable bonds is 7. The van der Waals surface area contributed by atoms with Gasteiger partial charge in [-0.05, 0) is 50.1 Å². The Labute approximate surface area is 177 Å². The number of hydrogen-bond donors (Lipinski definition) is 0. The summed E-state index contributed by atoms with van der Waals surface area (Å²) in [5.74, 6) is -0.788. The van der Waals surface area contributed by atoms with Crippen LogP contribution in [0.2, 0.25) is 0 Å². The van der Waals surface area contributed by atoms with E-state index in [1.54, 1.807) is 24.0 Å². The van der Waals surface area contributed by atoms with Crippen LogP contribution in [0.25, 0.3) is 0 Å². The lowest BCUT2D eigenvalue weighted by molar-refractivity contribution is -0.151. The predicted molar refractivity (Wildman–Crippen MR) is 113 cm³/mol. The summed E-state index contributed by atoms with van der Waals surface area (Å²) in [5, 5.41) is 0. The van der Waals surface area contributed by atoms with Gasteiger partial charge in [0.25, 0.3) is 0 Å². The first-order chi connectivity index (χ1) is 14.5. The van der Waals surface area contributed by atoms with E-state index in [1.165, 1.54) is 12.1 Å². The monoisotopic (exact) mass is 412 g/mol. The Balaban J connectivity index is 1.73. The highest BCUT2D eigenvalue weighted by atomic mass is 19.1. The average Bonchev–Trinajstić information content (AvgIpc) is 2.76. The third-order valence-corrected chi connectivity index (χ3v) is 5.52. The molecule has 2 unspecified atom stereocenters. The zero-order valence-corrected chi connectivity index (χ0v) is 17.6. The van der Waals surface area contributed by atoms with Gasteiger partial charge in [-0.1, -0.05) is 42.5 Å². The number of amides is 1. The first-order valence-corrected chi connectivity index (χ1v) is 10.4. The molecule has 1 aliphatic rings. The van der Waals surface area contributed by atoms with Crippen molar-refractivity contribution in [2.24, 2.45) is 5.92 Å². The van der Waals surface area contributed by atoms with Crippen LogP contribution in [0.1, 0.15) is 36.9 Å². The van der Waals surface area contributed by atoms with E-state index < -0.39 is 0 Å². The molecule has 0 saturated carbocycles. The number of carbonyl (C=O) groups is 2. The summed E-state index contributed by atoms with van der Waals surface area (Å²) in [4.78, 5) is 28.9. The standard InChI is InChI=1S/C24H29FN2O3/c1-3-30-24(29)20-10-7-15-27(16-20)22(28)17-26(2)23(18-8-5-4-6-9-18)19-11-13-21(25)14-12-19/h4-6,8-9,11-14,20,23H,3,7,10,15-17H2,1-2H3. The van der Waals surface area contributed by atoms with Crippen LogP contribution in [0.15, 0.2) is 54.6 Å². The van der Waals surface area contributed by atoms with E-state index in [4.69, 9.17) is 4.74 Å². The van der Waals surface area contributed by atoms with Crippen LogP contribution in [0.3, 0.4) is 0 Å². The number of likely N-dealkylation sites (tertiary alicyclic amines) is 1. The molecule has 0 bridgehead atoms. The molecule has 0 N–H and O–H groups in total. The molecular weight excluding hydrogens is 383 g/mol. The number of hydrogen-bond acceptors (Lipinski definition) is 4. The van der Waals surface area contributed by atoms with Gasteiger partial charge in [-0.2, -0.15) is 0 Å². The third kappa shape index (κ3) is 5.45. The quantitative estimate of drug-likeness (QED) is 0.652. The Morgan fingerprint density at radius 3 is 2.47 bits per heavy atom. The molecule has 1 aliphatic heterocycles. The summed E-state index contributed by atoms with van der Waals surface area (Å²) in [6.07, 6.45) is 1.54. The molecule has 30 heavy (non-hydrogen) atoms. The molecule has 0 aromatic heterocycles. The van der Waals surface area contributed by atoms with Crippen molar-refractivity contribution in [1.29, 1.82) is 0 Å². The van der Waals surface area contributed by atoms with Gasteiger partial charge in [-0.3, -0.25) is 14.5 Å². The van der Waals surface area contributed by atoms with Crippen LogP contribution in [0.4, 0.5) is 4.39 Å². The number of carbonyl (C=O) groups excluding carboxylic acids is 2. The molecule has 3 rings (SSSR count). The van der Waals surface area contributed by atoms with Gasteiger partial charge in [-0.15, -0.1) is 0 Å². The fourth-order valence-electron chi connectivity index (χ4n) is 4.04. The summed E-state index contributed by atoms with van der Waals surface area (Å²) in [5.41, 5.74) is 1.95. The summed E-state index contributed by atoms with van der Waals surface area (Å²) >= 11 is 0. The lowest BCUT2D eigenvalue weighted by atomic mass is 9.96. The van der Waals surface area contributed by atoms with Crippen LogP contribution >= 0.6 is 0 Å². The third-order valence-electron chi connectivity index (χ3n) is 5.52. The minimum absolute atomic E-state index is 0.0189. The molecule has 1 amide bonds. The van der Waals surface area contributed by atoms with Gasteiger partial charge in [0.2, 0.25) is 5.91 Å². The maximum absolute atomic E-state index is 13.5. The SMILES string of the molecule is CCOC(=O)C1CCCN(C(=O)CN(C)C(c2ccccc2)c2ccc(F)cc2)C1. The average molecular weight is 413 g/mol. The normalized spacial score (nSPS) is 17.6. The zero-order chi connectivity index (χ0) is 21.5. The van der Waals surface area contributed by atoms with E-state index in [9.17, 15) is 14.0 Å². The molecule has 160 valence electrons. The molecule has 1 heterocycles. The van der Waals surface area contributed by atoms with Gasteiger partial charge in [0.05, 0.1) is 25.1 Å². The highest BCUT2D eigenvalue weighted by Crippen LogP contribution is 2.28. The summed E-state index contributed by atoms with van der Waals surface area (Å²) in [6, 6.07) is 16.1. The van der Waals surface area contributed by atoms with Crippen molar-refractivity contribution in [2.45, 2.75) is 25.8 Å². The van der Waals surface area contributed by atoms with Gasteiger partial charge in [0.15, 0.2) is 0 Å². The highest BCUT2D eigenvalue weighted by Gasteiger charge is 2.30. The molecule has 0 aliphatic carbocycles. The number of ether oxygens (including phenoxy) is 1. The maximum Gasteiger partial charge on any atom is 0.310 e. The molecule has 6 heteroatoms. The van der Waals surface area contributed by atoms with Gasteiger partial charge in [0, 0.05) is 13.1 Å². The fraction of sp³-hybridized carbons (Fsp3) is 0.417. The molecule has 0 radical (unpaired) electrons. The van der Waals surface area contributed by atoms with Gasteiger partial charge in [0.1, 0.15) is 5.82 Å². The molecule has 1 saturated heterocycles. The second-order valence-corrected chi connectivity index (χ2v) is 7.71. The molecule has 2 atom stereocenters. The topological polar surface area (TPSA) is 49.9 Å². The second kappa shape index (κ2) is 10.3. The minimum atomic E-state index is -0.289. The number of benzene rings is 2.